The molecule has 1 aliphatic carbocycles. The van der Waals surface area contributed by atoms with Crippen LogP contribution in [0.4, 0.5) is 0 Å². The molecule has 0 heterocycles. The first kappa shape index (κ1) is 14.4. The van der Waals surface area contributed by atoms with E-state index in [-0.39, 0.29) is 19.1 Å². The molecule has 1 saturated carbocycles. The summed E-state index contributed by atoms with van der Waals surface area (Å²) in [4.78, 5) is 12.2. The molecule has 1 fully saturated rings. The van der Waals surface area contributed by atoms with Crippen LogP contribution in [0, 0.1) is 5.41 Å². The second kappa shape index (κ2) is 6.93. The Hall–Kier alpha value is -0.650. The Morgan fingerprint density at radius 3 is 2.12 bits per heavy atom. The zero-order chi connectivity index (χ0) is 12.7. The minimum Gasteiger partial charge on any atom is -0.394 e. The fourth-order valence-corrected chi connectivity index (χ4v) is 2.42. The van der Waals surface area contributed by atoms with Gasteiger partial charge in [-0.3, -0.25) is 4.79 Å². The predicted octanol–water partition coefficient (Wildman–Crippen LogP) is -0.245. The van der Waals surface area contributed by atoms with Crippen molar-refractivity contribution < 1.29 is 15.0 Å². The first-order chi connectivity index (χ1) is 8.18. The van der Waals surface area contributed by atoms with Crippen molar-refractivity contribution in [3.8, 4) is 0 Å². The summed E-state index contributed by atoms with van der Waals surface area (Å²) >= 11 is 0. The van der Waals surface area contributed by atoms with Crippen molar-refractivity contribution in [2.45, 2.75) is 44.6 Å². The molecular formula is C12H24N2O3. The molecule has 0 atom stereocenters. The fourth-order valence-electron chi connectivity index (χ4n) is 2.42. The highest BCUT2D eigenvalue weighted by Gasteiger charge is 2.37. The van der Waals surface area contributed by atoms with E-state index in [4.69, 9.17) is 15.9 Å². The maximum atomic E-state index is 12.2. The van der Waals surface area contributed by atoms with Crippen LogP contribution in [0.1, 0.15) is 38.5 Å². The van der Waals surface area contributed by atoms with Gasteiger partial charge in [-0.15, -0.1) is 0 Å². The van der Waals surface area contributed by atoms with Crippen LogP contribution in [0.15, 0.2) is 0 Å². The minimum atomic E-state index is -0.575. The third-order valence-corrected chi connectivity index (χ3v) is 3.71. The Morgan fingerprint density at radius 2 is 1.71 bits per heavy atom. The molecule has 0 spiro atoms. The van der Waals surface area contributed by atoms with Crippen molar-refractivity contribution in [1.29, 1.82) is 0 Å². The average Bonchev–Trinajstić information content (AvgIpc) is 2.61. The Balaban J connectivity index is 2.66. The highest BCUT2D eigenvalue weighted by Crippen LogP contribution is 2.34. The Bertz CT molecular complexity index is 234. The fraction of sp³-hybridized carbons (Fsp3) is 0.917. The van der Waals surface area contributed by atoms with Crippen LogP contribution in [-0.2, 0) is 4.79 Å². The van der Waals surface area contributed by atoms with Crippen molar-refractivity contribution in [2.24, 2.45) is 11.1 Å². The molecule has 0 radical (unpaired) electrons. The van der Waals surface area contributed by atoms with Gasteiger partial charge in [0.05, 0.1) is 24.7 Å². The van der Waals surface area contributed by atoms with Gasteiger partial charge >= 0.3 is 0 Å². The topological polar surface area (TPSA) is 95.6 Å². The van der Waals surface area contributed by atoms with Crippen LogP contribution >= 0.6 is 0 Å². The lowest BCUT2D eigenvalue weighted by Gasteiger charge is -2.31. The van der Waals surface area contributed by atoms with E-state index < -0.39 is 11.5 Å². The number of hydrogen-bond donors (Lipinski definition) is 4. The van der Waals surface area contributed by atoms with E-state index in [1.165, 1.54) is 0 Å². The standard InChI is InChI=1S/C12H24N2O3/c13-9-12(5-3-1-2-4-6-12)11(17)14-10(7-15)8-16/h10,15-16H,1-9,13H2,(H,14,17). The largest absolute Gasteiger partial charge is 0.394 e. The van der Waals surface area contributed by atoms with Crippen LogP contribution in [0.3, 0.4) is 0 Å². The Morgan fingerprint density at radius 1 is 1.18 bits per heavy atom. The Kier molecular flexibility index (Phi) is 5.88. The van der Waals surface area contributed by atoms with Crippen LogP contribution in [0.2, 0.25) is 0 Å². The summed E-state index contributed by atoms with van der Waals surface area (Å²) in [6.45, 7) is -0.159. The van der Waals surface area contributed by atoms with Gasteiger partial charge in [0.15, 0.2) is 0 Å². The minimum absolute atomic E-state index is 0.116. The summed E-state index contributed by atoms with van der Waals surface area (Å²) in [6, 6.07) is -0.575. The van der Waals surface area contributed by atoms with Crippen LogP contribution in [-0.4, -0.2) is 41.9 Å². The van der Waals surface area contributed by atoms with Gasteiger partial charge in [0.25, 0.3) is 0 Å². The molecule has 17 heavy (non-hydrogen) atoms. The number of aliphatic hydroxyl groups excluding tert-OH is 2. The molecule has 0 aromatic rings. The van der Waals surface area contributed by atoms with E-state index in [0.29, 0.717) is 6.54 Å². The third kappa shape index (κ3) is 3.66. The summed E-state index contributed by atoms with van der Waals surface area (Å²) < 4.78 is 0. The third-order valence-electron chi connectivity index (χ3n) is 3.71. The zero-order valence-electron chi connectivity index (χ0n) is 10.3. The van der Waals surface area contributed by atoms with E-state index in [9.17, 15) is 4.79 Å². The lowest BCUT2D eigenvalue weighted by molar-refractivity contribution is -0.132. The van der Waals surface area contributed by atoms with Gasteiger partial charge < -0.3 is 21.3 Å². The molecule has 0 saturated heterocycles. The van der Waals surface area contributed by atoms with Crippen LogP contribution < -0.4 is 11.1 Å². The molecule has 1 amide bonds. The molecule has 0 aromatic carbocycles. The Labute approximate surface area is 102 Å². The maximum absolute atomic E-state index is 12.2. The van der Waals surface area contributed by atoms with Crippen LogP contribution in [0.5, 0.6) is 0 Å². The number of carbonyl (C=O) groups excluding carboxylic acids is 1. The predicted molar refractivity (Wildman–Crippen MR) is 65.3 cm³/mol. The molecular weight excluding hydrogens is 220 g/mol. The lowest BCUT2D eigenvalue weighted by atomic mass is 9.79. The monoisotopic (exact) mass is 244 g/mol. The van der Waals surface area contributed by atoms with Crippen molar-refractivity contribution in [2.75, 3.05) is 19.8 Å². The summed E-state index contributed by atoms with van der Waals surface area (Å²) in [5.41, 5.74) is 5.28. The number of rotatable bonds is 5. The highest BCUT2D eigenvalue weighted by atomic mass is 16.3. The molecule has 1 aliphatic rings. The van der Waals surface area contributed by atoms with E-state index in [2.05, 4.69) is 5.32 Å². The number of aliphatic hydroxyl groups is 2. The number of carbonyl (C=O) groups is 1. The number of amides is 1. The van der Waals surface area contributed by atoms with Crippen molar-refractivity contribution in [3.05, 3.63) is 0 Å². The molecule has 0 bridgehead atoms. The summed E-state index contributed by atoms with van der Waals surface area (Å²) in [6.07, 6.45) is 5.95. The lowest BCUT2D eigenvalue weighted by Crippen LogP contribution is -2.51. The highest BCUT2D eigenvalue weighted by molar-refractivity contribution is 5.83. The first-order valence-corrected chi connectivity index (χ1v) is 6.41. The average molecular weight is 244 g/mol. The van der Waals surface area contributed by atoms with Gasteiger partial charge in [0.1, 0.15) is 0 Å². The zero-order valence-corrected chi connectivity index (χ0v) is 10.3. The van der Waals surface area contributed by atoms with Gasteiger partial charge in [-0.05, 0) is 12.8 Å². The molecule has 0 aromatic heterocycles. The van der Waals surface area contributed by atoms with Crippen molar-refractivity contribution >= 4 is 5.91 Å². The second-order valence-electron chi connectivity index (χ2n) is 4.93. The molecule has 0 unspecified atom stereocenters. The van der Waals surface area contributed by atoms with Crippen molar-refractivity contribution in [1.82, 2.24) is 5.32 Å². The normalized spacial score (nSPS) is 20.0. The number of nitrogens with two attached hydrogens (primary N) is 1. The SMILES string of the molecule is NCC1(C(=O)NC(CO)CO)CCCCCC1. The molecule has 0 aliphatic heterocycles. The number of nitrogens with one attached hydrogen (secondary N) is 1. The van der Waals surface area contributed by atoms with E-state index >= 15 is 0 Å². The van der Waals surface area contributed by atoms with Gasteiger partial charge in [0, 0.05) is 6.54 Å². The maximum Gasteiger partial charge on any atom is 0.227 e. The van der Waals surface area contributed by atoms with Gasteiger partial charge in [-0.25, -0.2) is 0 Å². The van der Waals surface area contributed by atoms with Gasteiger partial charge in [-0.2, -0.15) is 0 Å². The second-order valence-corrected chi connectivity index (χ2v) is 4.93. The summed E-state index contributed by atoms with van der Waals surface area (Å²) in [5.74, 6) is -0.116. The number of hydrogen-bond acceptors (Lipinski definition) is 4. The summed E-state index contributed by atoms with van der Waals surface area (Å²) in [5, 5.41) is 20.6. The molecule has 100 valence electrons. The van der Waals surface area contributed by atoms with E-state index in [1.54, 1.807) is 0 Å². The molecule has 5 nitrogen and oxygen atoms in total. The quantitative estimate of drug-likeness (QED) is 0.502. The van der Waals surface area contributed by atoms with Crippen molar-refractivity contribution in [3.63, 3.8) is 0 Å². The summed E-state index contributed by atoms with van der Waals surface area (Å²) in [7, 11) is 0. The van der Waals surface area contributed by atoms with E-state index in [1.807, 2.05) is 0 Å². The first-order valence-electron chi connectivity index (χ1n) is 6.41. The molecule has 5 heteroatoms. The smallest absolute Gasteiger partial charge is 0.227 e. The molecule has 5 N–H and O–H groups in total. The van der Waals surface area contributed by atoms with E-state index in [0.717, 1.165) is 38.5 Å². The van der Waals surface area contributed by atoms with Crippen LogP contribution in [0.25, 0.3) is 0 Å². The van der Waals surface area contributed by atoms with Gasteiger partial charge in [0.2, 0.25) is 5.91 Å². The van der Waals surface area contributed by atoms with Gasteiger partial charge in [-0.1, -0.05) is 25.7 Å². The molecule has 1 rings (SSSR count).